The van der Waals surface area contributed by atoms with Crippen LogP contribution in [0.1, 0.15) is 16.8 Å². The monoisotopic (exact) mass is 341 g/mol. The van der Waals surface area contributed by atoms with E-state index in [9.17, 15) is 0 Å². The second-order valence-corrected chi connectivity index (χ2v) is 6.24. The number of rotatable bonds is 4. The van der Waals surface area contributed by atoms with Crippen molar-refractivity contribution in [3.05, 3.63) is 83.7 Å². The molecule has 0 aliphatic rings. The summed E-state index contributed by atoms with van der Waals surface area (Å²) in [7, 11) is 1.68. The predicted octanol–water partition coefficient (Wildman–Crippen LogP) is 4.60. The number of methoxy groups -OCH3 is 1. The van der Waals surface area contributed by atoms with Crippen LogP contribution < -0.4 is 4.74 Å². The van der Waals surface area contributed by atoms with Crippen molar-refractivity contribution in [2.45, 2.75) is 13.3 Å². The van der Waals surface area contributed by atoms with Crippen LogP contribution in [0.15, 0.2) is 66.9 Å². The van der Waals surface area contributed by atoms with E-state index in [0.29, 0.717) is 5.82 Å². The second-order valence-electron chi connectivity index (χ2n) is 6.24. The number of pyridine rings is 1. The zero-order valence-electron chi connectivity index (χ0n) is 14.8. The van der Waals surface area contributed by atoms with Crippen molar-refractivity contribution in [1.82, 2.24) is 15.0 Å². The van der Waals surface area contributed by atoms with Crippen LogP contribution in [0, 0.1) is 6.92 Å². The summed E-state index contributed by atoms with van der Waals surface area (Å²) in [6, 6.07) is 20.1. The van der Waals surface area contributed by atoms with Gasteiger partial charge in [-0.1, -0.05) is 36.4 Å². The number of ether oxygens (including phenoxy) is 1. The van der Waals surface area contributed by atoms with Gasteiger partial charge in [-0.2, -0.15) is 0 Å². The Balaban J connectivity index is 1.70. The van der Waals surface area contributed by atoms with Crippen LogP contribution in [-0.4, -0.2) is 22.1 Å². The molecule has 0 fully saturated rings. The lowest BCUT2D eigenvalue weighted by Crippen LogP contribution is -2.00. The third-order valence-electron chi connectivity index (χ3n) is 4.43. The van der Waals surface area contributed by atoms with Crippen molar-refractivity contribution in [2.75, 3.05) is 7.11 Å². The average Bonchev–Trinajstić information content (AvgIpc) is 2.69. The maximum absolute atomic E-state index is 5.32. The number of benzene rings is 2. The van der Waals surface area contributed by atoms with E-state index < -0.39 is 0 Å². The van der Waals surface area contributed by atoms with Crippen molar-refractivity contribution in [1.29, 1.82) is 0 Å². The molecule has 0 unspecified atom stereocenters. The molecule has 0 saturated heterocycles. The summed E-state index contributed by atoms with van der Waals surface area (Å²) in [4.78, 5) is 14.0. The molecule has 0 aliphatic carbocycles. The standard InChI is InChI=1S/C22H19N3O/c1-15-10-11-20(22-23-14-17-7-3-4-9-19(17)25-22)24-21(15)13-16-6-5-8-18(12-16)26-2/h3-12,14H,13H2,1-2H3. The Morgan fingerprint density at radius 1 is 0.923 bits per heavy atom. The van der Waals surface area contributed by atoms with E-state index in [-0.39, 0.29) is 0 Å². The highest BCUT2D eigenvalue weighted by atomic mass is 16.5. The average molecular weight is 341 g/mol. The van der Waals surface area contributed by atoms with E-state index in [1.54, 1.807) is 7.11 Å². The molecular formula is C22H19N3O. The van der Waals surface area contributed by atoms with E-state index in [4.69, 9.17) is 9.72 Å². The highest BCUT2D eigenvalue weighted by Gasteiger charge is 2.09. The summed E-state index contributed by atoms with van der Waals surface area (Å²) in [5.41, 5.74) is 5.05. The lowest BCUT2D eigenvalue weighted by atomic mass is 10.0. The molecule has 4 nitrogen and oxygen atoms in total. The first-order valence-corrected chi connectivity index (χ1v) is 8.54. The maximum atomic E-state index is 5.32. The predicted molar refractivity (Wildman–Crippen MR) is 103 cm³/mol. The minimum absolute atomic E-state index is 0.649. The fraction of sp³-hybridized carbons (Fsp3) is 0.136. The highest BCUT2D eigenvalue weighted by Crippen LogP contribution is 2.21. The molecular weight excluding hydrogens is 322 g/mol. The summed E-state index contributed by atoms with van der Waals surface area (Å²) < 4.78 is 5.32. The van der Waals surface area contributed by atoms with Gasteiger partial charge in [0.05, 0.1) is 12.6 Å². The van der Waals surface area contributed by atoms with E-state index in [1.165, 1.54) is 0 Å². The van der Waals surface area contributed by atoms with Crippen LogP contribution in [-0.2, 0) is 6.42 Å². The molecule has 0 aliphatic heterocycles. The molecule has 4 rings (SSSR count). The summed E-state index contributed by atoms with van der Waals surface area (Å²) in [6.45, 7) is 2.08. The molecule has 0 N–H and O–H groups in total. The quantitative estimate of drug-likeness (QED) is 0.544. The fourth-order valence-electron chi connectivity index (χ4n) is 2.95. The van der Waals surface area contributed by atoms with Gasteiger partial charge in [-0.15, -0.1) is 0 Å². The summed E-state index contributed by atoms with van der Waals surface area (Å²) in [5.74, 6) is 1.50. The van der Waals surface area contributed by atoms with Crippen LogP contribution in [0.25, 0.3) is 22.4 Å². The molecule has 128 valence electrons. The van der Waals surface area contributed by atoms with Crippen molar-refractivity contribution in [2.24, 2.45) is 0 Å². The summed E-state index contributed by atoms with van der Waals surface area (Å²) in [6.07, 6.45) is 2.59. The van der Waals surface area contributed by atoms with E-state index in [2.05, 4.69) is 29.0 Å². The highest BCUT2D eigenvalue weighted by molar-refractivity contribution is 5.79. The Kier molecular flexibility index (Phi) is 4.32. The Morgan fingerprint density at radius 2 is 1.81 bits per heavy atom. The number of fused-ring (bicyclic) bond motifs is 1. The molecule has 0 bridgehead atoms. The molecule has 0 atom stereocenters. The molecule has 0 amide bonds. The lowest BCUT2D eigenvalue weighted by molar-refractivity contribution is 0.414. The van der Waals surface area contributed by atoms with Crippen molar-refractivity contribution >= 4 is 10.9 Å². The molecule has 26 heavy (non-hydrogen) atoms. The maximum Gasteiger partial charge on any atom is 0.178 e. The van der Waals surface area contributed by atoms with Gasteiger partial charge in [-0.25, -0.2) is 15.0 Å². The first-order valence-electron chi connectivity index (χ1n) is 8.54. The lowest BCUT2D eigenvalue weighted by Gasteiger charge is -2.09. The van der Waals surface area contributed by atoms with Gasteiger partial charge in [-0.3, -0.25) is 0 Å². The van der Waals surface area contributed by atoms with Gasteiger partial charge < -0.3 is 4.74 Å². The summed E-state index contributed by atoms with van der Waals surface area (Å²) in [5, 5.41) is 1.03. The Labute approximate surface area is 152 Å². The third kappa shape index (κ3) is 3.26. The van der Waals surface area contributed by atoms with Crippen molar-refractivity contribution < 1.29 is 4.74 Å². The minimum Gasteiger partial charge on any atom is -0.497 e. The Bertz CT molecular complexity index is 1080. The van der Waals surface area contributed by atoms with Gasteiger partial charge in [0.1, 0.15) is 11.4 Å². The first-order chi connectivity index (χ1) is 12.7. The fourth-order valence-corrected chi connectivity index (χ4v) is 2.95. The number of hydrogen-bond donors (Lipinski definition) is 0. The first kappa shape index (κ1) is 16.2. The molecule has 0 spiro atoms. The molecule has 0 radical (unpaired) electrons. The van der Waals surface area contributed by atoms with Crippen LogP contribution in [0.5, 0.6) is 5.75 Å². The third-order valence-corrected chi connectivity index (χ3v) is 4.43. The van der Waals surface area contributed by atoms with Gasteiger partial charge in [-0.05, 0) is 42.3 Å². The van der Waals surface area contributed by atoms with Crippen LogP contribution in [0.4, 0.5) is 0 Å². The van der Waals surface area contributed by atoms with Crippen LogP contribution in [0.3, 0.4) is 0 Å². The summed E-state index contributed by atoms with van der Waals surface area (Å²) >= 11 is 0. The Hall–Kier alpha value is -3.27. The molecule has 4 heteroatoms. The molecule has 2 aromatic heterocycles. The number of hydrogen-bond acceptors (Lipinski definition) is 4. The van der Waals surface area contributed by atoms with Crippen LogP contribution >= 0.6 is 0 Å². The number of aryl methyl sites for hydroxylation is 1. The van der Waals surface area contributed by atoms with E-state index in [0.717, 1.165) is 45.6 Å². The zero-order chi connectivity index (χ0) is 17.9. The largest absolute Gasteiger partial charge is 0.497 e. The zero-order valence-corrected chi connectivity index (χ0v) is 14.8. The van der Waals surface area contributed by atoms with E-state index in [1.807, 2.05) is 54.7 Å². The normalized spacial score (nSPS) is 10.8. The van der Waals surface area contributed by atoms with Crippen molar-refractivity contribution in [3.8, 4) is 17.3 Å². The van der Waals surface area contributed by atoms with Gasteiger partial charge in [0.2, 0.25) is 0 Å². The van der Waals surface area contributed by atoms with Gasteiger partial charge >= 0.3 is 0 Å². The number of aromatic nitrogens is 3. The smallest absolute Gasteiger partial charge is 0.178 e. The molecule has 0 saturated carbocycles. The second kappa shape index (κ2) is 6.92. The molecule has 4 aromatic rings. The van der Waals surface area contributed by atoms with Crippen LogP contribution in [0.2, 0.25) is 0 Å². The van der Waals surface area contributed by atoms with Gasteiger partial charge in [0.25, 0.3) is 0 Å². The SMILES string of the molecule is COc1cccc(Cc2nc(-c3ncc4ccccc4n3)ccc2C)c1. The van der Waals surface area contributed by atoms with E-state index >= 15 is 0 Å². The van der Waals surface area contributed by atoms with Crippen molar-refractivity contribution in [3.63, 3.8) is 0 Å². The topological polar surface area (TPSA) is 47.9 Å². The number of para-hydroxylation sites is 1. The Morgan fingerprint density at radius 3 is 2.69 bits per heavy atom. The minimum atomic E-state index is 0.649. The molecule has 2 heterocycles. The number of nitrogens with zero attached hydrogens (tertiary/aromatic N) is 3. The van der Waals surface area contributed by atoms with Gasteiger partial charge in [0, 0.05) is 23.7 Å². The molecule has 2 aromatic carbocycles. The van der Waals surface area contributed by atoms with Gasteiger partial charge in [0.15, 0.2) is 5.82 Å².